The molecule has 2 heterocycles. The molecule has 1 atom stereocenters. The van der Waals surface area contributed by atoms with Gasteiger partial charge in [-0.2, -0.15) is 0 Å². The normalized spacial score (nSPS) is 16.4. The van der Waals surface area contributed by atoms with Gasteiger partial charge in [0.1, 0.15) is 16.5 Å². The van der Waals surface area contributed by atoms with Crippen LogP contribution in [0.15, 0.2) is 46.1 Å². The quantitative estimate of drug-likeness (QED) is 0.474. The minimum Gasteiger partial charge on any atom is -0.368 e. The van der Waals surface area contributed by atoms with Crippen molar-refractivity contribution in [1.29, 1.82) is 0 Å². The van der Waals surface area contributed by atoms with Crippen molar-refractivity contribution in [2.75, 3.05) is 42.1 Å². The summed E-state index contributed by atoms with van der Waals surface area (Å²) in [6.07, 6.45) is 0.927. The lowest BCUT2D eigenvalue weighted by molar-refractivity contribution is 0.315. The van der Waals surface area contributed by atoms with Gasteiger partial charge in [-0.3, -0.25) is 4.72 Å². The second-order valence-electron chi connectivity index (χ2n) is 7.88. The van der Waals surface area contributed by atoms with E-state index < -0.39 is 26.6 Å². The molecule has 12 heteroatoms. The van der Waals surface area contributed by atoms with E-state index in [0.29, 0.717) is 24.0 Å². The predicted octanol–water partition coefficient (Wildman–Crippen LogP) is 4.76. The summed E-state index contributed by atoms with van der Waals surface area (Å²) in [6.45, 7) is 1.45. The van der Waals surface area contributed by atoms with Gasteiger partial charge in [0, 0.05) is 30.6 Å². The Kier molecular flexibility index (Phi) is 6.76. The molecule has 1 fully saturated rings. The summed E-state index contributed by atoms with van der Waals surface area (Å²) in [4.78, 5) is 7.42. The first-order chi connectivity index (χ1) is 15.6. The molecule has 0 bridgehead atoms. The second-order valence-corrected chi connectivity index (χ2v) is 10.7. The number of sulfonamides is 1. The molecule has 4 rings (SSSR count). The van der Waals surface area contributed by atoms with Crippen LogP contribution in [0.5, 0.6) is 0 Å². The van der Waals surface area contributed by atoms with Crippen molar-refractivity contribution in [3.8, 4) is 0 Å². The molecular formula is C21H22ClF2N5O2S2. The lowest BCUT2D eigenvalue weighted by Crippen LogP contribution is -2.31. The third-order valence-corrected chi connectivity index (χ3v) is 7.71. The van der Waals surface area contributed by atoms with Gasteiger partial charge in [-0.1, -0.05) is 11.6 Å². The maximum atomic E-state index is 14.9. The molecule has 33 heavy (non-hydrogen) atoms. The third-order valence-electron chi connectivity index (χ3n) is 5.45. The Hall–Kier alpha value is -2.47. The first-order valence-corrected chi connectivity index (χ1v) is 12.8. The fourth-order valence-electron chi connectivity index (χ4n) is 3.69. The third kappa shape index (κ3) is 5.21. The number of anilines is 4. The van der Waals surface area contributed by atoms with Gasteiger partial charge in [-0.05, 0) is 44.8 Å². The number of thiazole rings is 1. The number of hydrogen-bond acceptors (Lipinski definition) is 7. The molecule has 7 nitrogen and oxygen atoms in total. The minimum absolute atomic E-state index is 0.00193. The fraction of sp³-hybridized carbons (Fsp3) is 0.286. The first-order valence-electron chi connectivity index (χ1n) is 10.0. The number of aromatic nitrogens is 1. The van der Waals surface area contributed by atoms with E-state index in [1.54, 1.807) is 6.07 Å². The molecule has 0 aliphatic carbocycles. The van der Waals surface area contributed by atoms with Gasteiger partial charge in [-0.25, -0.2) is 22.2 Å². The van der Waals surface area contributed by atoms with Crippen LogP contribution in [-0.2, 0) is 10.0 Å². The first kappa shape index (κ1) is 23.7. The van der Waals surface area contributed by atoms with Crippen molar-refractivity contribution in [3.05, 3.63) is 57.9 Å². The maximum absolute atomic E-state index is 14.9. The van der Waals surface area contributed by atoms with Crippen molar-refractivity contribution in [2.45, 2.75) is 17.4 Å². The van der Waals surface area contributed by atoms with Crippen LogP contribution >= 0.6 is 22.9 Å². The monoisotopic (exact) mass is 513 g/mol. The zero-order valence-corrected chi connectivity index (χ0v) is 20.2. The Morgan fingerprint density at radius 1 is 1.21 bits per heavy atom. The summed E-state index contributed by atoms with van der Waals surface area (Å²) in [6, 6.07) is 6.65. The summed E-state index contributed by atoms with van der Waals surface area (Å²) in [5.41, 5.74) is 2.78. The molecule has 1 saturated heterocycles. The number of nitrogens with one attached hydrogen (secondary N) is 2. The summed E-state index contributed by atoms with van der Waals surface area (Å²) >= 11 is 7.52. The average molecular weight is 514 g/mol. The standard InChI is InChI=1S/C21H22ClF2N5O2S2/c1-28(2)14-5-6-29(10-14)19-7-13(23)3-4-17(19)26-18-9-16(24)20(8-15(18)22)33(30,31)27-21-11-32-12-25-21/h3-4,7-9,11-12,14,26-27H,5-6,10H2,1-2H3. The predicted molar refractivity (Wildman–Crippen MR) is 128 cm³/mol. The van der Waals surface area contributed by atoms with Crippen molar-refractivity contribution >= 4 is 55.8 Å². The van der Waals surface area contributed by atoms with Crippen molar-refractivity contribution in [2.24, 2.45) is 0 Å². The zero-order chi connectivity index (χ0) is 23.8. The molecule has 0 amide bonds. The van der Waals surface area contributed by atoms with Gasteiger partial charge >= 0.3 is 0 Å². The van der Waals surface area contributed by atoms with E-state index in [4.69, 9.17) is 11.6 Å². The van der Waals surface area contributed by atoms with E-state index in [-0.39, 0.29) is 16.5 Å². The van der Waals surface area contributed by atoms with Gasteiger partial charge < -0.3 is 15.1 Å². The summed E-state index contributed by atoms with van der Waals surface area (Å²) in [5.74, 6) is -1.28. The van der Waals surface area contributed by atoms with Gasteiger partial charge in [-0.15, -0.1) is 11.3 Å². The van der Waals surface area contributed by atoms with Crippen LogP contribution in [0, 0.1) is 11.6 Å². The molecule has 176 valence electrons. The zero-order valence-electron chi connectivity index (χ0n) is 17.8. The van der Waals surface area contributed by atoms with Crippen LogP contribution < -0.4 is 14.9 Å². The van der Waals surface area contributed by atoms with Gasteiger partial charge in [0.25, 0.3) is 10.0 Å². The highest BCUT2D eigenvalue weighted by atomic mass is 35.5. The maximum Gasteiger partial charge on any atom is 0.266 e. The van der Waals surface area contributed by atoms with E-state index in [9.17, 15) is 17.2 Å². The van der Waals surface area contributed by atoms with E-state index in [1.807, 2.05) is 14.1 Å². The highest BCUT2D eigenvalue weighted by molar-refractivity contribution is 7.92. The Balaban J connectivity index is 1.62. The SMILES string of the molecule is CN(C)C1CCN(c2cc(F)ccc2Nc2cc(F)c(S(=O)(=O)Nc3cscn3)cc2Cl)C1. The lowest BCUT2D eigenvalue weighted by Gasteiger charge is -2.25. The van der Waals surface area contributed by atoms with Crippen molar-refractivity contribution in [1.82, 2.24) is 9.88 Å². The molecule has 3 aromatic rings. The molecule has 1 aliphatic rings. The minimum atomic E-state index is -4.22. The number of likely N-dealkylation sites (N-methyl/N-ethyl adjacent to an activating group) is 1. The molecule has 2 aromatic carbocycles. The highest BCUT2D eigenvalue weighted by Gasteiger charge is 2.27. The van der Waals surface area contributed by atoms with Crippen LogP contribution in [-0.4, -0.2) is 51.5 Å². The van der Waals surface area contributed by atoms with Gasteiger partial charge in [0.05, 0.1) is 27.6 Å². The summed E-state index contributed by atoms with van der Waals surface area (Å²) in [7, 11) is -0.222. The Labute approximate surface area is 200 Å². The molecular weight excluding hydrogens is 492 g/mol. The largest absolute Gasteiger partial charge is 0.368 e. The van der Waals surface area contributed by atoms with Gasteiger partial charge in [0.15, 0.2) is 5.82 Å². The molecule has 0 spiro atoms. The Bertz CT molecular complexity index is 1260. The molecule has 0 saturated carbocycles. The number of nitrogens with zero attached hydrogens (tertiary/aromatic N) is 3. The average Bonchev–Trinajstić information content (AvgIpc) is 3.43. The van der Waals surface area contributed by atoms with Crippen LogP contribution in [0.3, 0.4) is 0 Å². The van der Waals surface area contributed by atoms with Crippen LogP contribution in [0.25, 0.3) is 0 Å². The Morgan fingerprint density at radius 3 is 2.67 bits per heavy atom. The number of rotatable bonds is 7. The van der Waals surface area contributed by atoms with Crippen molar-refractivity contribution in [3.63, 3.8) is 0 Å². The highest BCUT2D eigenvalue weighted by Crippen LogP contribution is 2.36. The molecule has 0 radical (unpaired) electrons. The van der Waals surface area contributed by atoms with Gasteiger partial charge in [0.2, 0.25) is 0 Å². The summed E-state index contributed by atoms with van der Waals surface area (Å²) in [5, 5.41) is 4.52. The second kappa shape index (κ2) is 9.41. The molecule has 1 unspecified atom stereocenters. The van der Waals surface area contributed by atoms with Crippen LogP contribution in [0.2, 0.25) is 5.02 Å². The molecule has 2 N–H and O–H groups in total. The van der Waals surface area contributed by atoms with Crippen LogP contribution in [0.4, 0.5) is 31.7 Å². The lowest BCUT2D eigenvalue weighted by atomic mass is 10.2. The smallest absolute Gasteiger partial charge is 0.266 e. The van der Waals surface area contributed by atoms with Crippen molar-refractivity contribution < 1.29 is 17.2 Å². The molecule has 1 aliphatic heterocycles. The Morgan fingerprint density at radius 2 is 2.00 bits per heavy atom. The molecule has 1 aromatic heterocycles. The fourth-order valence-corrected chi connectivity index (χ4v) is 5.60. The summed E-state index contributed by atoms with van der Waals surface area (Å²) < 4.78 is 56.3. The van der Waals surface area contributed by atoms with Crippen LogP contribution in [0.1, 0.15) is 6.42 Å². The topological polar surface area (TPSA) is 77.6 Å². The number of hydrogen-bond donors (Lipinski definition) is 2. The van der Waals surface area contributed by atoms with E-state index in [2.05, 4.69) is 24.8 Å². The number of halogens is 3. The van der Waals surface area contributed by atoms with E-state index in [1.165, 1.54) is 34.4 Å². The van der Waals surface area contributed by atoms with E-state index in [0.717, 1.165) is 25.1 Å². The van der Waals surface area contributed by atoms with E-state index >= 15 is 0 Å². The number of benzene rings is 2.